The van der Waals surface area contributed by atoms with Crippen LogP contribution in [0.4, 0.5) is 5.95 Å². The Hall–Kier alpha value is -1.07. The normalized spacial score (nSPS) is 19.7. The number of imidazole rings is 1. The first-order valence-electron chi connectivity index (χ1n) is 6.81. The molecule has 0 amide bonds. The Bertz CT molecular complexity index is 377. The predicted molar refractivity (Wildman–Crippen MR) is 72.9 cm³/mol. The molecule has 5 nitrogen and oxygen atoms in total. The Kier molecular flexibility index (Phi) is 4.60. The van der Waals surface area contributed by atoms with E-state index >= 15 is 0 Å². The Balaban J connectivity index is 2.21. The highest BCUT2D eigenvalue weighted by Crippen LogP contribution is 2.24. The van der Waals surface area contributed by atoms with Crippen molar-refractivity contribution in [1.82, 2.24) is 9.55 Å². The van der Waals surface area contributed by atoms with Gasteiger partial charge in [0.2, 0.25) is 5.95 Å². The highest BCUT2D eigenvalue weighted by Gasteiger charge is 2.27. The van der Waals surface area contributed by atoms with Crippen molar-refractivity contribution in [3.63, 3.8) is 0 Å². The number of nitrogens with zero attached hydrogens (tertiary/aromatic N) is 3. The number of hydrogen-bond acceptors (Lipinski definition) is 4. The van der Waals surface area contributed by atoms with E-state index < -0.39 is 0 Å². The SMILES string of the molecule is CCc1cn(CCOC)c(N2CCCC2CN)n1. The lowest BCUT2D eigenvalue weighted by molar-refractivity contribution is 0.187. The zero-order chi connectivity index (χ0) is 13.0. The van der Waals surface area contributed by atoms with E-state index in [1.165, 1.54) is 12.8 Å². The van der Waals surface area contributed by atoms with Crippen molar-refractivity contribution in [2.75, 3.05) is 31.7 Å². The Morgan fingerprint density at radius 3 is 3.06 bits per heavy atom. The Labute approximate surface area is 109 Å². The van der Waals surface area contributed by atoms with Crippen LogP contribution in [0.15, 0.2) is 6.20 Å². The van der Waals surface area contributed by atoms with Gasteiger partial charge in [-0.3, -0.25) is 0 Å². The molecule has 1 aromatic rings. The van der Waals surface area contributed by atoms with E-state index in [0.717, 1.165) is 31.2 Å². The summed E-state index contributed by atoms with van der Waals surface area (Å²) < 4.78 is 7.37. The average molecular weight is 252 g/mol. The number of aromatic nitrogens is 2. The summed E-state index contributed by atoms with van der Waals surface area (Å²) in [4.78, 5) is 7.10. The monoisotopic (exact) mass is 252 g/mol. The summed E-state index contributed by atoms with van der Waals surface area (Å²) in [7, 11) is 1.73. The van der Waals surface area contributed by atoms with Crippen LogP contribution in [-0.2, 0) is 17.7 Å². The second-order valence-corrected chi connectivity index (χ2v) is 4.80. The van der Waals surface area contributed by atoms with E-state index in [4.69, 9.17) is 15.5 Å². The maximum Gasteiger partial charge on any atom is 0.206 e. The molecule has 0 aliphatic carbocycles. The third-order valence-electron chi connectivity index (χ3n) is 3.61. The third-order valence-corrected chi connectivity index (χ3v) is 3.61. The molecule has 1 aromatic heterocycles. The van der Waals surface area contributed by atoms with Crippen molar-refractivity contribution >= 4 is 5.95 Å². The fraction of sp³-hybridized carbons (Fsp3) is 0.769. The molecule has 0 saturated carbocycles. The number of hydrogen-bond donors (Lipinski definition) is 1. The first-order valence-corrected chi connectivity index (χ1v) is 6.81. The van der Waals surface area contributed by atoms with Gasteiger partial charge in [0, 0.05) is 39.0 Å². The zero-order valence-electron chi connectivity index (χ0n) is 11.4. The maximum atomic E-state index is 5.85. The molecular weight excluding hydrogens is 228 g/mol. The van der Waals surface area contributed by atoms with E-state index in [9.17, 15) is 0 Å². The molecule has 0 bridgehead atoms. The van der Waals surface area contributed by atoms with E-state index in [0.29, 0.717) is 19.2 Å². The van der Waals surface area contributed by atoms with Gasteiger partial charge in [0.15, 0.2) is 0 Å². The summed E-state index contributed by atoms with van der Waals surface area (Å²) in [5.74, 6) is 1.07. The molecule has 1 saturated heterocycles. The van der Waals surface area contributed by atoms with E-state index in [-0.39, 0.29) is 0 Å². The predicted octanol–water partition coefficient (Wildman–Crippen LogP) is 1.02. The molecule has 2 rings (SSSR count). The Morgan fingerprint density at radius 2 is 2.39 bits per heavy atom. The second kappa shape index (κ2) is 6.20. The van der Waals surface area contributed by atoms with Gasteiger partial charge in [0.05, 0.1) is 12.3 Å². The molecule has 18 heavy (non-hydrogen) atoms. The summed E-state index contributed by atoms with van der Waals surface area (Å²) in [5.41, 5.74) is 6.99. The molecule has 1 unspecified atom stereocenters. The van der Waals surface area contributed by atoms with E-state index in [1.54, 1.807) is 7.11 Å². The molecule has 0 aromatic carbocycles. The molecular formula is C13H24N4O. The van der Waals surface area contributed by atoms with E-state index in [2.05, 4.69) is 22.6 Å². The summed E-state index contributed by atoms with van der Waals surface area (Å²) in [5, 5.41) is 0. The van der Waals surface area contributed by atoms with Gasteiger partial charge in [0.1, 0.15) is 0 Å². The van der Waals surface area contributed by atoms with Crippen LogP contribution < -0.4 is 10.6 Å². The lowest BCUT2D eigenvalue weighted by Crippen LogP contribution is -2.37. The molecule has 0 radical (unpaired) electrons. The standard InChI is InChI=1S/C13H24N4O/c1-3-11-10-16(7-8-18-2)13(15-11)17-6-4-5-12(17)9-14/h10,12H,3-9,14H2,1-2H3. The van der Waals surface area contributed by atoms with Crippen LogP contribution in [0.25, 0.3) is 0 Å². The zero-order valence-corrected chi connectivity index (χ0v) is 11.4. The highest BCUT2D eigenvalue weighted by molar-refractivity contribution is 5.37. The van der Waals surface area contributed by atoms with Crippen LogP contribution in [0.5, 0.6) is 0 Å². The number of aryl methyl sites for hydroxylation is 1. The van der Waals surface area contributed by atoms with Crippen LogP contribution in [0, 0.1) is 0 Å². The smallest absolute Gasteiger partial charge is 0.206 e. The van der Waals surface area contributed by atoms with Crippen molar-refractivity contribution in [3.05, 3.63) is 11.9 Å². The molecule has 1 fully saturated rings. The Morgan fingerprint density at radius 1 is 1.56 bits per heavy atom. The fourth-order valence-corrected chi connectivity index (χ4v) is 2.56. The van der Waals surface area contributed by atoms with Gasteiger partial charge in [-0.05, 0) is 19.3 Å². The number of nitrogens with two attached hydrogens (primary N) is 1. The van der Waals surface area contributed by atoms with Gasteiger partial charge in [-0.1, -0.05) is 6.92 Å². The van der Waals surface area contributed by atoms with Crippen LogP contribution in [0.1, 0.15) is 25.5 Å². The average Bonchev–Trinajstić information content (AvgIpc) is 3.01. The minimum Gasteiger partial charge on any atom is -0.383 e. The van der Waals surface area contributed by atoms with Gasteiger partial charge in [-0.2, -0.15) is 0 Å². The summed E-state index contributed by atoms with van der Waals surface area (Å²) >= 11 is 0. The van der Waals surface area contributed by atoms with Gasteiger partial charge < -0.3 is 19.9 Å². The molecule has 2 heterocycles. The minimum atomic E-state index is 0.443. The lowest BCUT2D eigenvalue weighted by Gasteiger charge is -2.25. The third kappa shape index (κ3) is 2.67. The van der Waals surface area contributed by atoms with Crippen molar-refractivity contribution in [2.45, 2.75) is 38.8 Å². The van der Waals surface area contributed by atoms with Crippen LogP contribution >= 0.6 is 0 Å². The van der Waals surface area contributed by atoms with Crippen molar-refractivity contribution < 1.29 is 4.74 Å². The summed E-state index contributed by atoms with van der Waals surface area (Å²) in [6.45, 7) is 5.48. The minimum absolute atomic E-state index is 0.443. The molecule has 0 spiro atoms. The van der Waals surface area contributed by atoms with Gasteiger partial charge in [-0.25, -0.2) is 4.98 Å². The topological polar surface area (TPSA) is 56.3 Å². The maximum absolute atomic E-state index is 5.85. The highest BCUT2D eigenvalue weighted by atomic mass is 16.5. The molecule has 1 aliphatic heterocycles. The van der Waals surface area contributed by atoms with Crippen molar-refractivity contribution in [3.8, 4) is 0 Å². The van der Waals surface area contributed by atoms with Gasteiger partial charge in [-0.15, -0.1) is 0 Å². The van der Waals surface area contributed by atoms with Crippen LogP contribution in [0.3, 0.4) is 0 Å². The summed E-state index contributed by atoms with van der Waals surface area (Å²) in [6, 6.07) is 0.443. The van der Waals surface area contributed by atoms with Gasteiger partial charge in [0.25, 0.3) is 0 Å². The van der Waals surface area contributed by atoms with Crippen molar-refractivity contribution in [1.29, 1.82) is 0 Å². The van der Waals surface area contributed by atoms with Crippen molar-refractivity contribution in [2.24, 2.45) is 5.73 Å². The molecule has 5 heteroatoms. The molecule has 102 valence electrons. The summed E-state index contributed by atoms with van der Waals surface area (Å²) in [6.07, 6.45) is 5.49. The fourth-order valence-electron chi connectivity index (χ4n) is 2.56. The molecule has 2 N–H and O–H groups in total. The number of anilines is 1. The lowest BCUT2D eigenvalue weighted by atomic mass is 10.2. The van der Waals surface area contributed by atoms with Gasteiger partial charge >= 0.3 is 0 Å². The molecule has 1 aliphatic rings. The van der Waals surface area contributed by atoms with Crippen LogP contribution in [0.2, 0.25) is 0 Å². The second-order valence-electron chi connectivity index (χ2n) is 4.80. The first-order chi connectivity index (χ1) is 8.80. The number of methoxy groups -OCH3 is 1. The number of rotatable bonds is 6. The molecule has 1 atom stereocenters. The largest absolute Gasteiger partial charge is 0.383 e. The quantitative estimate of drug-likeness (QED) is 0.821. The first kappa shape index (κ1) is 13.4. The number of ether oxygens (including phenoxy) is 1. The van der Waals surface area contributed by atoms with E-state index in [1.807, 2.05) is 0 Å². The van der Waals surface area contributed by atoms with Crippen LogP contribution in [-0.4, -0.2) is 42.4 Å².